The highest BCUT2D eigenvalue weighted by Crippen LogP contribution is 2.30. The molecule has 7 nitrogen and oxygen atoms in total. The molecule has 1 amide bonds. The Morgan fingerprint density at radius 1 is 1.30 bits per heavy atom. The summed E-state index contributed by atoms with van der Waals surface area (Å²) in [5.41, 5.74) is 1.81. The van der Waals surface area contributed by atoms with Crippen LogP contribution < -0.4 is 5.32 Å². The quantitative estimate of drug-likeness (QED) is 0.749. The Bertz CT molecular complexity index is 964. The Hall–Kier alpha value is -2.74. The first-order chi connectivity index (χ1) is 13.1. The number of fused-ring (bicyclic) bond motifs is 1. The monoisotopic (exact) mass is 382 g/mol. The standard InChI is InChI=1S/C19H22N6OS/c1-4-20-19-21-13(3)16(27-19)18(26)24-10-12(2)25-15(11-24)22-23-17(25)14-8-6-5-7-9-14/h5-9,12H,4,10-11H2,1-3H3,(H,20,21)/t12-/m0/s1. The number of aryl methyl sites for hydroxylation is 1. The van der Waals surface area contributed by atoms with Crippen LogP contribution in [-0.4, -0.2) is 43.6 Å². The zero-order valence-corrected chi connectivity index (χ0v) is 16.5. The molecule has 0 unspecified atom stereocenters. The number of carbonyl (C=O) groups is 1. The van der Waals surface area contributed by atoms with Gasteiger partial charge in [0, 0.05) is 18.7 Å². The summed E-state index contributed by atoms with van der Waals surface area (Å²) >= 11 is 1.41. The Labute approximate surface area is 162 Å². The third kappa shape index (κ3) is 3.21. The summed E-state index contributed by atoms with van der Waals surface area (Å²) in [5.74, 6) is 1.68. The summed E-state index contributed by atoms with van der Waals surface area (Å²) in [6.07, 6.45) is 0. The molecule has 2 aromatic heterocycles. The van der Waals surface area contributed by atoms with Crippen LogP contribution in [0.3, 0.4) is 0 Å². The minimum absolute atomic E-state index is 0.0107. The second kappa shape index (κ2) is 7.11. The van der Waals surface area contributed by atoms with Gasteiger partial charge in [-0.2, -0.15) is 0 Å². The predicted octanol–water partition coefficient (Wildman–Crippen LogP) is 3.36. The average Bonchev–Trinajstić information content (AvgIpc) is 3.26. The lowest BCUT2D eigenvalue weighted by Gasteiger charge is -2.32. The maximum atomic E-state index is 13.1. The lowest BCUT2D eigenvalue weighted by molar-refractivity contribution is 0.0686. The SMILES string of the molecule is CCNc1nc(C)c(C(=O)N2Cc3nnc(-c4ccccc4)n3[C@@H](C)C2)s1. The zero-order chi connectivity index (χ0) is 19.0. The van der Waals surface area contributed by atoms with E-state index in [1.165, 1.54) is 11.3 Å². The number of thiazole rings is 1. The molecule has 1 aliphatic rings. The third-order valence-corrected chi connectivity index (χ3v) is 5.77. The van der Waals surface area contributed by atoms with Crippen molar-refractivity contribution in [1.29, 1.82) is 0 Å². The third-order valence-electron chi connectivity index (χ3n) is 4.66. The maximum absolute atomic E-state index is 13.1. The van der Waals surface area contributed by atoms with Crippen molar-refractivity contribution < 1.29 is 4.79 Å². The van der Waals surface area contributed by atoms with Crippen molar-refractivity contribution in [2.75, 3.05) is 18.4 Å². The molecule has 1 atom stereocenters. The van der Waals surface area contributed by atoms with E-state index in [1.54, 1.807) is 0 Å². The van der Waals surface area contributed by atoms with Crippen LogP contribution >= 0.6 is 11.3 Å². The van der Waals surface area contributed by atoms with Gasteiger partial charge in [-0.05, 0) is 20.8 Å². The smallest absolute Gasteiger partial charge is 0.266 e. The molecule has 0 saturated heterocycles. The summed E-state index contributed by atoms with van der Waals surface area (Å²) in [6.45, 7) is 7.86. The average molecular weight is 382 g/mol. The molecule has 0 saturated carbocycles. The molecule has 0 spiro atoms. The first-order valence-corrected chi connectivity index (χ1v) is 9.90. The highest BCUT2D eigenvalue weighted by atomic mass is 32.1. The van der Waals surface area contributed by atoms with Gasteiger partial charge in [-0.15, -0.1) is 10.2 Å². The van der Waals surface area contributed by atoms with Crippen molar-refractivity contribution in [3.05, 3.63) is 46.7 Å². The van der Waals surface area contributed by atoms with Crippen LogP contribution in [0.4, 0.5) is 5.13 Å². The molecule has 1 aliphatic heterocycles. The molecule has 0 fully saturated rings. The molecule has 1 N–H and O–H groups in total. The van der Waals surface area contributed by atoms with Crippen LogP contribution in [0.15, 0.2) is 30.3 Å². The van der Waals surface area contributed by atoms with E-state index >= 15 is 0 Å². The molecule has 4 rings (SSSR count). The number of rotatable bonds is 4. The first kappa shape index (κ1) is 17.7. The van der Waals surface area contributed by atoms with E-state index in [-0.39, 0.29) is 11.9 Å². The van der Waals surface area contributed by atoms with E-state index in [1.807, 2.05) is 49.1 Å². The number of nitrogens with zero attached hydrogens (tertiary/aromatic N) is 5. The van der Waals surface area contributed by atoms with Crippen LogP contribution in [0.1, 0.15) is 41.1 Å². The topological polar surface area (TPSA) is 75.9 Å². The maximum Gasteiger partial charge on any atom is 0.266 e. The Balaban J connectivity index is 1.61. The number of hydrogen-bond acceptors (Lipinski definition) is 6. The number of amides is 1. The van der Waals surface area contributed by atoms with Gasteiger partial charge in [-0.3, -0.25) is 4.79 Å². The number of hydrogen-bond donors (Lipinski definition) is 1. The van der Waals surface area contributed by atoms with Gasteiger partial charge >= 0.3 is 0 Å². The predicted molar refractivity (Wildman–Crippen MR) is 106 cm³/mol. The van der Waals surface area contributed by atoms with Gasteiger partial charge in [0.2, 0.25) is 0 Å². The van der Waals surface area contributed by atoms with Crippen LogP contribution in [0, 0.1) is 6.92 Å². The fourth-order valence-electron chi connectivity index (χ4n) is 3.43. The number of anilines is 1. The number of nitrogens with one attached hydrogen (secondary N) is 1. The molecule has 8 heteroatoms. The van der Waals surface area contributed by atoms with Crippen LogP contribution in [0.2, 0.25) is 0 Å². The van der Waals surface area contributed by atoms with Crippen LogP contribution in [-0.2, 0) is 6.54 Å². The van der Waals surface area contributed by atoms with E-state index in [0.29, 0.717) is 18.0 Å². The highest BCUT2D eigenvalue weighted by molar-refractivity contribution is 7.17. The van der Waals surface area contributed by atoms with E-state index in [0.717, 1.165) is 34.6 Å². The largest absolute Gasteiger partial charge is 0.362 e. The number of benzene rings is 1. The molecule has 0 aliphatic carbocycles. The Kier molecular flexibility index (Phi) is 4.65. The normalized spacial score (nSPS) is 16.3. The second-order valence-electron chi connectivity index (χ2n) is 6.67. The van der Waals surface area contributed by atoms with Crippen molar-refractivity contribution in [3.8, 4) is 11.4 Å². The van der Waals surface area contributed by atoms with E-state index < -0.39 is 0 Å². The second-order valence-corrected chi connectivity index (χ2v) is 7.67. The van der Waals surface area contributed by atoms with Gasteiger partial charge in [-0.1, -0.05) is 41.7 Å². The zero-order valence-electron chi connectivity index (χ0n) is 15.6. The van der Waals surface area contributed by atoms with Crippen molar-refractivity contribution >= 4 is 22.4 Å². The molecule has 3 heterocycles. The van der Waals surface area contributed by atoms with Gasteiger partial charge in [0.25, 0.3) is 5.91 Å². The Morgan fingerprint density at radius 3 is 2.81 bits per heavy atom. The lowest BCUT2D eigenvalue weighted by Crippen LogP contribution is -2.40. The number of aromatic nitrogens is 4. The summed E-state index contributed by atoms with van der Waals surface area (Å²) in [4.78, 5) is 20.1. The fraction of sp³-hybridized carbons (Fsp3) is 0.368. The minimum Gasteiger partial charge on any atom is -0.362 e. The van der Waals surface area contributed by atoms with Gasteiger partial charge in [0.15, 0.2) is 16.8 Å². The summed E-state index contributed by atoms with van der Waals surface area (Å²) < 4.78 is 2.14. The van der Waals surface area contributed by atoms with Gasteiger partial charge < -0.3 is 14.8 Å². The molecular formula is C19H22N6OS. The summed E-state index contributed by atoms with van der Waals surface area (Å²) in [6, 6.07) is 10.1. The van der Waals surface area contributed by atoms with Crippen LogP contribution in [0.5, 0.6) is 0 Å². The van der Waals surface area contributed by atoms with Gasteiger partial charge in [0.1, 0.15) is 4.88 Å². The molecular weight excluding hydrogens is 360 g/mol. The van der Waals surface area contributed by atoms with Gasteiger partial charge in [-0.25, -0.2) is 4.98 Å². The molecule has 1 aromatic carbocycles. The van der Waals surface area contributed by atoms with Crippen LogP contribution in [0.25, 0.3) is 11.4 Å². The van der Waals surface area contributed by atoms with Crippen molar-refractivity contribution in [2.24, 2.45) is 0 Å². The fourth-order valence-corrected chi connectivity index (χ4v) is 4.44. The summed E-state index contributed by atoms with van der Waals surface area (Å²) in [7, 11) is 0. The van der Waals surface area contributed by atoms with E-state index in [9.17, 15) is 4.79 Å². The molecule has 3 aromatic rings. The van der Waals surface area contributed by atoms with Crippen molar-refractivity contribution in [3.63, 3.8) is 0 Å². The highest BCUT2D eigenvalue weighted by Gasteiger charge is 2.31. The number of carbonyl (C=O) groups excluding carboxylic acids is 1. The molecule has 140 valence electrons. The molecule has 0 radical (unpaired) electrons. The minimum atomic E-state index is 0.0107. The lowest BCUT2D eigenvalue weighted by atomic mass is 10.1. The van der Waals surface area contributed by atoms with Crippen molar-refractivity contribution in [2.45, 2.75) is 33.4 Å². The van der Waals surface area contributed by atoms with Gasteiger partial charge in [0.05, 0.1) is 18.3 Å². The first-order valence-electron chi connectivity index (χ1n) is 9.08. The van der Waals surface area contributed by atoms with E-state index in [2.05, 4.69) is 32.0 Å². The van der Waals surface area contributed by atoms with E-state index in [4.69, 9.17) is 0 Å². The summed E-state index contributed by atoms with van der Waals surface area (Å²) in [5, 5.41) is 12.7. The molecule has 0 bridgehead atoms. The van der Waals surface area contributed by atoms with Crippen molar-refractivity contribution in [1.82, 2.24) is 24.6 Å². The molecule has 27 heavy (non-hydrogen) atoms. The Morgan fingerprint density at radius 2 is 2.07 bits per heavy atom.